The Balaban J connectivity index is 4.22. The van der Waals surface area contributed by atoms with Crippen molar-refractivity contribution in [2.24, 2.45) is 0 Å². The second-order valence-electron chi connectivity index (χ2n) is 25.1. The number of esters is 2. The van der Waals surface area contributed by atoms with E-state index in [0.29, 0.717) is 17.4 Å². The first kappa shape index (κ1) is 88.9. The molecule has 0 amide bonds. The van der Waals surface area contributed by atoms with Gasteiger partial charge in [0.2, 0.25) is 0 Å². The summed E-state index contributed by atoms with van der Waals surface area (Å²) < 4.78 is 22.7. The topological polar surface area (TPSA) is 111 Å². The van der Waals surface area contributed by atoms with Gasteiger partial charge in [-0.3, -0.25) is 9.59 Å². The molecule has 0 aromatic carbocycles. The van der Waals surface area contributed by atoms with Crippen LogP contribution >= 0.6 is 0 Å². The molecule has 0 bridgehead atoms. The summed E-state index contributed by atoms with van der Waals surface area (Å²) in [5.74, 6) is -2.36. The average molecular weight is 1310 g/mol. The standard InChI is InChI=1S/C86H135NO8/c1-6-8-10-12-14-16-18-20-22-24-26-28-30-32-34-36-38-40-41-42-43-45-46-48-50-52-54-56-58-60-62-64-66-68-70-72-74-76-83(88)93-80-82(81-94-86(85(90)91)92-79-78-87(3,4)5)95-84(89)77-75-73-71-69-67-65-63-61-59-57-55-53-51-49-47-44-39-37-35-33-31-29-27-25-23-21-19-17-15-13-11-9-7-2/h8-11,14-17,20-23,26-29,32-35,38-40,42-44,49,51,55,57,61,63,67,69,82,86H,6-7,12-13,18-19,24-25,30-31,36-37,41,45-48,50,52-54,56,58-60,62,64-66,68,70-81H2,1-5H3/b10-8-,11-9-,16-14-,17-15-,22-20-,23-21-,28-26-,29-27-,34-32-,35-33-,40-38-,43-42-,44-39-,51-49-,57-55-,63-61-,69-67-. The molecule has 9 nitrogen and oxygen atoms in total. The Morgan fingerprint density at radius 1 is 0.316 bits per heavy atom. The molecule has 0 aliphatic rings. The molecule has 0 N–H and O–H groups in total. The summed E-state index contributed by atoms with van der Waals surface area (Å²) in [5, 5.41) is 11.8. The van der Waals surface area contributed by atoms with Crippen LogP contribution in [0.25, 0.3) is 0 Å². The molecule has 0 radical (unpaired) electrons. The maximum Gasteiger partial charge on any atom is 0.306 e. The minimum Gasteiger partial charge on any atom is -0.545 e. The molecule has 0 saturated carbocycles. The van der Waals surface area contributed by atoms with Crippen molar-refractivity contribution in [1.82, 2.24) is 0 Å². The van der Waals surface area contributed by atoms with Crippen LogP contribution in [-0.4, -0.2) is 82.3 Å². The summed E-state index contributed by atoms with van der Waals surface area (Å²) in [6.07, 6.45) is 112. The molecule has 0 aliphatic heterocycles. The molecule has 95 heavy (non-hydrogen) atoms. The highest BCUT2D eigenvalue weighted by molar-refractivity contribution is 5.70. The van der Waals surface area contributed by atoms with Crippen LogP contribution in [0.4, 0.5) is 0 Å². The number of rotatable bonds is 66. The summed E-state index contributed by atoms with van der Waals surface area (Å²) >= 11 is 0. The highest BCUT2D eigenvalue weighted by Gasteiger charge is 2.22. The van der Waals surface area contributed by atoms with Crippen molar-refractivity contribution in [3.8, 4) is 0 Å². The third kappa shape index (κ3) is 75.1. The van der Waals surface area contributed by atoms with E-state index in [-0.39, 0.29) is 38.6 Å². The van der Waals surface area contributed by atoms with Gasteiger partial charge in [0.1, 0.15) is 13.2 Å². The lowest BCUT2D eigenvalue weighted by Gasteiger charge is -2.26. The largest absolute Gasteiger partial charge is 0.545 e. The molecule has 0 aliphatic carbocycles. The molecule has 0 spiro atoms. The average Bonchev–Trinajstić information content (AvgIpc) is 3.75. The quantitative estimate of drug-likeness (QED) is 0.0195. The number of unbranched alkanes of at least 4 members (excludes halogenated alkanes) is 17. The third-order valence-electron chi connectivity index (χ3n) is 15.0. The number of carbonyl (C=O) groups excluding carboxylic acids is 3. The van der Waals surface area contributed by atoms with Gasteiger partial charge in [0, 0.05) is 12.8 Å². The van der Waals surface area contributed by atoms with Gasteiger partial charge in [-0.25, -0.2) is 0 Å². The van der Waals surface area contributed by atoms with E-state index in [0.717, 1.165) is 148 Å². The molecular weight excluding hydrogens is 1170 g/mol. The predicted octanol–water partition coefficient (Wildman–Crippen LogP) is 22.6. The zero-order valence-corrected chi connectivity index (χ0v) is 60.7. The van der Waals surface area contributed by atoms with E-state index in [1.54, 1.807) is 0 Å². The molecule has 0 fully saturated rings. The molecular formula is C86H135NO8. The van der Waals surface area contributed by atoms with Crippen molar-refractivity contribution in [2.45, 2.75) is 270 Å². The van der Waals surface area contributed by atoms with Gasteiger partial charge in [0.05, 0.1) is 40.3 Å². The van der Waals surface area contributed by atoms with Crippen LogP contribution in [0.5, 0.6) is 0 Å². The lowest BCUT2D eigenvalue weighted by Crippen LogP contribution is -2.44. The molecule has 2 unspecified atom stereocenters. The maximum atomic E-state index is 12.9. The second-order valence-corrected chi connectivity index (χ2v) is 25.1. The van der Waals surface area contributed by atoms with E-state index >= 15 is 0 Å². The van der Waals surface area contributed by atoms with Crippen molar-refractivity contribution >= 4 is 17.9 Å². The van der Waals surface area contributed by atoms with Crippen LogP contribution in [0, 0.1) is 0 Å². The number of allylic oxidation sites excluding steroid dienone is 34. The number of aliphatic carboxylic acids is 1. The summed E-state index contributed by atoms with van der Waals surface area (Å²) in [6, 6.07) is 0. The molecule has 0 aromatic rings. The van der Waals surface area contributed by atoms with Crippen molar-refractivity contribution < 1.29 is 42.9 Å². The second kappa shape index (κ2) is 73.7. The summed E-state index contributed by atoms with van der Waals surface area (Å²) in [4.78, 5) is 37.5. The van der Waals surface area contributed by atoms with Crippen LogP contribution in [-0.2, 0) is 33.3 Å². The maximum absolute atomic E-state index is 12.9. The minimum absolute atomic E-state index is 0.128. The van der Waals surface area contributed by atoms with Crippen molar-refractivity contribution in [2.75, 3.05) is 47.5 Å². The lowest BCUT2D eigenvalue weighted by molar-refractivity contribution is -0.870. The number of quaternary nitrogens is 1. The Hall–Kier alpha value is -6.13. The number of hydrogen-bond acceptors (Lipinski definition) is 8. The third-order valence-corrected chi connectivity index (χ3v) is 15.0. The first-order valence-corrected chi connectivity index (χ1v) is 37.2. The molecule has 0 saturated heterocycles. The highest BCUT2D eigenvalue weighted by Crippen LogP contribution is 2.16. The van der Waals surface area contributed by atoms with E-state index in [1.165, 1.54) is 77.0 Å². The van der Waals surface area contributed by atoms with Gasteiger partial charge < -0.3 is 33.3 Å². The molecule has 2 atom stereocenters. The van der Waals surface area contributed by atoms with Gasteiger partial charge in [-0.05, 0) is 148 Å². The number of carboxylic acid groups (broad SMARTS) is 1. The fourth-order valence-electron chi connectivity index (χ4n) is 9.43. The van der Waals surface area contributed by atoms with Crippen LogP contribution in [0.15, 0.2) is 207 Å². The Labute approximate surface area is 582 Å². The Kier molecular flexibility index (Phi) is 68.9. The molecule has 9 heteroatoms. The monoisotopic (exact) mass is 1310 g/mol. The van der Waals surface area contributed by atoms with E-state index < -0.39 is 24.3 Å². The van der Waals surface area contributed by atoms with Crippen molar-refractivity contribution in [1.29, 1.82) is 0 Å². The van der Waals surface area contributed by atoms with Gasteiger partial charge in [0.15, 0.2) is 12.4 Å². The van der Waals surface area contributed by atoms with Gasteiger partial charge in [0.25, 0.3) is 0 Å². The van der Waals surface area contributed by atoms with Gasteiger partial charge in [-0.2, -0.15) is 0 Å². The van der Waals surface area contributed by atoms with Gasteiger partial charge in [-0.1, -0.05) is 304 Å². The van der Waals surface area contributed by atoms with E-state index in [1.807, 2.05) is 21.1 Å². The zero-order chi connectivity index (χ0) is 69.0. The normalized spacial score (nSPS) is 13.9. The summed E-state index contributed by atoms with van der Waals surface area (Å²) in [5.41, 5.74) is 0. The number of likely N-dealkylation sites (N-methyl/N-ethyl adjacent to an activating group) is 1. The SMILES string of the molecule is CC/C=C\C/C=C\C/C=C\C/C=C\C/C=C\C/C=C\C/C=C\C/C=C\C/C=C\C/C=C\CCCCC(=O)OC(COC(=O)CCCCCCCCCCCCCCCCC/C=C\C/C=C\C/C=C\C/C=C\C/C=C\C/C=C\C/C=C\CC)COC(OCC[N+](C)(C)C)C(=O)[O-]. The number of ether oxygens (including phenoxy) is 4. The Bertz CT molecular complexity index is 2320. The predicted molar refractivity (Wildman–Crippen MR) is 407 cm³/mol. The molecule has 0 rings (SSSR count). The number of hydrogen-bond donors (Lipinski definition) is 0. The van der Waals surface area contributed by atoms with Gasteiger partial charge in [-0.15, -0.1) is 0 Å². The van der Waals surface area contributed by atoms with E-state index in [2.05, 4.69) is 220 Å². The van der Waals surface area contributed by atoms with Crippen molar-refractivity contribution in [3.05, 3.63) is 207 Å². The fourth-order valence-corrected chi connectivity index (χ4v) is 9.43. The van der Waals surface area contributed by atoms with E-state index in [4.69, 9.17) is 18.9 Å². The minimum atomic E-state index is -1.65. The molecule has 0 heterocycles. The smallest absolute Gasteiger partial charge is 0.306 e. The zero-order valence-electron chi connectivity index (χ0n) is 60.7. The highest BCUT2D eigenvalue weighted by atomic mass is 16.7. The Morgan fingerprint density at radius 3 is 0.863 bits per heavy atom. The summed E-state index contributed by atoms with van der Waals surface area (Å²) in [7, 11) is 5.90. The Morgan fingerprint density at radius 2 is 0.568 bits per heavy atom. The van der Waals surface area contributed by atoms with Crippen LogP contribution in [0.3, 0.4) is 0 Å². The number of carbonyl (C=O) groups is 3. The van der Waals surface area contributed by atoms with Crippen LogP contribution in [0.2, 0.25) is 0 Å². The number of nitrogens with zero attached hydrogens (tertiary/aromatic N) is 1. The molecule has 0 aromatic heterocycles. The lowest BCUT2D eigenvalue weighted by atomic mass is 10.0. The first-order valence-electron chi connectivity index (χ1n) is 37.2. The summed E-state index contributed by atoms with van der Waals surface area (Å²) in [6.45, 7) is 4.45. The van der Waals surface area contributed by atoms with Crippen molar-refractivity contribution in [3.63, 3.8) is 0 Å². The van der Waals surface area contributed by atoms with E-state index in [9.17, 15) is 19.5 Å². The van der Waals surface area contributed by atoms with Crippen LogP contribution in [0.1, 0.15) is 258 Å². The number of carboxylic acids is 1. The fraction of sp³-hybridized carbons (Fsp3) is 0.570. The molecule has 532 valence electrons. The van der Waals surface area contributed by atoms with Gasteiger partial charge >= 0.3 is 11.9 Å². The van der Waals surface area contributed by atoms with Crippen LogP contribution < -0.4 is 5.11 Å². The first-order chi connectivity index (χ1) is 46.6.